The summed E-state index contributed by atoms with van der Waals surface area (Å²) >= 11 is 3.26. The van der Waals surface area contributed by atoms with Gasteiger partial charge in [-0.25, -0.2) is 8.42 Å². The van der Waals surface area contributed by atoms with Gasteiger partial charge in [-0.3, -0.25) is 4.79 Å². The molecule has 1 aliphatic carbocycles. The number of amides is 1. The van der Waals surface area contributed by atoms with E-state index in [1.54, 1.807) is 18.2 Å². The van der Waals surface area contributed by atoms with Crippen molar-refractivity contribution in [2.75, 3.05) is 0 Å². The molecule has 10 heteroatoms. The molecule has 2 saturated heterocycles. The molecule has 3 aromatic carbocycles. The number of alkyl halides is 2. The molecule has 1 saturated carbocycles. The molecule has 2 aliphatic heterocycles. The highest BCUT2D eigenvalue weighted by molar-refractivity contribution is 9.10. The number of sulfonamides is 1. The van der Waals surface area contributed by atoms with Gasteiger partial charge in [0.15, 0.2) is 6.04 Å². The third-order valence-electron chi connectivity index (χ3n) is 9.03. The molecule has 6 nitrogen and oxygen atoms in total. The first kappa shape index (κ1) is 29.5. The Balaban J connectivity index is 1.31. The molecular formula is C32H35BrF2N2O4S. The summed E-state index contributed by atoms with van der Waals surface area (Å²) in [4.78, 5) is 15.3. The molecule has 2 bridgehead atoms. The second-order valence-electron chi connectivity index (χ2n) is 12.1. The summed E-state index contributed by atoms with van der Waals surface area (Å²) < 4.78 is 68.6. The largest absolute Gasteiger partial charge is 0.490 e. The van der Waals surface area contributed by atoms with Crippen molar-refractivity contribution in [2.24, 2.45) is 5.92 Å². The van der Waals surface area contributed by atoms with Crippen LogP contribution in [0, 0.1) is 5.92 Å². The highest BCUT2D eigenvalue weighted by Crippen LogP contribution is 2.42. The van der Waals surface area contributed by atoms with Crippen molar-refractivity contribution in [3.05, 3.63) is 70.7 Å². The number of benzene rings is 3. The topological polar surface area (TPSA) is 75.7 Å². The number of ether oxygens (including phenoxy) is 1. The van der Waals surface area contributed by atoms with Crippen molar-refractivity contribution in [1.82, 2.24) is 9.62 Å². The van der Waals surface area contributed by atoms with Crippen molar-refractivity contribution in [1.29, 1.82) is 0 Å². The Morgan fingerprint density at radius 3 is 2.24 bits per heavy atom. The van der Waals surface area contributed by atoms with Gasteiger partial charge >= 0.3 is 0 Å². The summed E-state index contributed by atoms with van der Waals surface area (Å²) in [6.07, 6.45) is 7.44. The molecule has 3 fully saturated rings. The number of carbonyl (C=O) groups is 1. The Labute approximate surface area is 254 Å². The summed E-state index contributed by atoms with van der Waals surface area (Å²) in [6.45, 7) is 2.10. The summed E-state index contributed by atoms with van der Waals surface area (Å²) in [5, 5.41) is 1.40. The lowest BCUT2D eigenvalue weighted by atomic mass is 9.91. The zero-order chi connectivity index (χ0) is 29.6. The van der Waals surface area contributed by atoms with Crippen molar-refractivity contribution < 1.29 is 26.7 Å². The van der Waals surface area contributed by atoms with Crippen LogP contribution in [0.3, 0.4) is 0 Å². The van der Waals surface area contributed by atoms with Crippen LogP contribution in [-0.2, 0) is 20.7 Å². The maximum absolute atomic E-state index is 16.2. The SMILES string of the molecule is CC1CC2CCC(C1)N2C(=O)C(NS(=O)(=O)c1ccc2cc(OC3CCCC3)ccc2c1)C(F)(F)c1ccc(Br)cc1. The van der Waals surface area contributed by atoms with Gasteiger partial charge in [0.05, 0.1) is 11.0 Å². The normalized spacial score (nSPS) is 23.8. The quantitative estimate of drug-likeness (QED) is 0.278. The summed E-state index contributed by atoms with van der Waals surface area (Å²) in [5.74, 6) is -3.57. The first-order valence-corrected chi connectivity index (χ1v) is 17.0. The monoisotopic (exact) mass is 660 g/mol. The average molecular weight is 662 g/mol. The van der Waals surface area contributed by atoms with E-state index in [0.717, 1.165) is 56.8 Å². The van der Waals surface area contributed by atoms with E-state index in [9.17, 15) is 13.2 Å². The van der Waals surface area contributed by atoms with Crippen molar-refractivity contribution >= 4 is 42.6 Å². The molecule has 3 atom stereocenters. The summed E-state index contributed by atoms with van der Waals surface area (Å²) in [6, 6.07) is 12.6. The first-order chi connectivity index (χ1) is 20.0. The van der Waals surface area contributed by atoms with Crippen molar-refractivity contribution in [3.63, 3.8) is 0 Å². The van der Waals surface area contributed by atoms with E-state index in [-0.39, 0.29) is 23.1 Å². The molecule has 3 aliphatic rings. The number of rotatable bonds is 8. The van der Waals surface area contributed by atoms with Gasteiger partial charge in [0.1, 0.15) is 5.75 Å². The predicted octanol–water partition coefficient (Wildman–Crippen LogP) is 7.15. The van der Waals surface area contributed by atoms with Gasteiger partial charge in [-0.15, -0.1) is 0 Å². The van der Waals surface area contributed by atoms with Crippen molar-refractivity contribution in [2.45, 2.75) is 93.3 Å². The Morgan fingerprint density at radius 2 is 1.57 bits per heavy atom. The maximum atomic E-state index is 16.2. The van der Waals surface area contributed by atoms with Gasteiger partial charge in [0.2, 0.25) is 15.9 Å². The molecule has 0 spiro atoms. The highest BCUT2D eigenvalue weighted by Gasteiger charge is 2.53. The van der Waals surface area contributed by atoms with Crippen molar-refractivity contribution in [3.8, 4) is 5.75 Å². The number of nitrogens with zero attached hydrogens (tertiary/aromatic N) is 1. The second kappa shape index (κ2) is 11.5. The van der Waals surface area contributed by atoms with Crippen LogP contribution >= 0.6 is 15.9 Å². The zero-order valence-electron chi connectivity index (χ0n) is 23.4. The van der Waals surface area contributed by atoms with Crippen LogP contribution in [0.1, 0.15) is 63.9 Å². The molecule has 0 radical (unpaired) electrons. The Morgan fingerprint density at radius 1 is 0.952 bits per heavy atom. The van der Waals surface area contributed by atoms with Gasteiger partial charge < -0.3 is 9.64 Å². The Bertz CT molecular complexity index is 1560. The predicted molar refractivity (Wildman–Crippen MR) is 161 cm³/mol. The fourth-order valence-corrected chi connectivity index (χ4v) is 8.43. The molecule has 1 amide bonds. The van der Waals surface area contributed by atoms with E-state index in [2.05, 4.69) is 27.6 Å². The lowest BCUT2D eigenvalue weighted by Crippen LogP contribution is -2.59. The van der Waals surface area contributed by atoms with Gasteiger partial charge in [0.25, 0.3) is 5.92 Å². The van der Waals surface area contributed by atoms with Crippen LogP contribution in [0.4, 0.5) is 8.78 Å². The zero-order valence-corrected chi connectivity index (χ0v) is 25.8. The third-order valence-corrected chi connectivity index (χ3v) is 11.0. The number of hydrogen-bond donors (Lipinski definition) is 1. The molecule has 3 unspecified atom stereocenters. The lowest BCUT2D eigenvalue weighted by Gasteiger charge is -2.41. The minimum absolute atomic E-state index is 0.166. The van der Waals surface area contributed by atoms with E-state index in [1.807, 2.05) is 6.07 Å². The van der Waals surface area contributed by atoms with E-state index in [0.29, 0.717) is 21.5 Å². The van der Waals surface area contributed by atoms with Crippen LogP contribution in [0.15, 0.2) is 70.0 Å². The van der Waals surface area contributed by atoms with Crippen LogP contribution in [-0.4, -0.2) is 43.5 Å². The standard InChI is InChI=1S/C32H35BrF2N2O4S/c1-20-16-25-12-13-26(17-20)37(25)31(38)30(32(34,35)23-8-10-24(33)11-9-23)36-42(39,40)29-15-7-21-18-28(14-6-22(21)19-29)41-27-4-2-3-5-27/h6-11,14-15,18-20,25-27,30,36H,2-5,12-13,16-17H2,1H3. The Kier molecular flexibility index (Phi) is 8.08. The molecule has 3 aromatic rings. The minimum Gasteiger partial charge on any atom is -0.490 e. The number of halogens is 3. The molecule has 6 rings (SSSR count). The number of piperidine rings is 1. The molecule has 2 heterocycles. The molecule has 224 valence electrons. The highest BCUT2D eigenvalue weighted by atomic mass is 79.9. The minimum atomic E-state index is -4.51. The van der Waals surface area contributed by atoms with Crippen LogP contribution in [0.25, 0.3) is 10.8 Å². The van der Waals surface area contributed by atoms with E-state index < -0.39 is 33.5 Å². The smallest absolute Gasteiger partial charge is 0.298 e. The molecule has 42 heavy (non-hydrogen) atoms. The fraction of sp³-hybridized carbons (Fsp3) is 0.469. The van der Waals surface area contributed by atoms with E-state index >= 15 is 8.78 Å². The van der Waals surface area contributed by atoms with Crippen LogP contribution in [0.2, 0.25) is 0 Å². The van der Waals surface area contributed by atoms with E-state index in [1.165, 1.54) is 41.3 Å². The fourth-order valence-electron chi connectivity index (χ4n) is 6.94. The molecule has 0 aromatic heterocycles. The van der Waals surface area contributed by atoms with E-state index in [4.69, 9.17) is 4.74 Å². The number of fused-ring (bicyclic) bond motifs is 3. The van der Waals surface area contributed by atoms with Gasteiger partial charge in [-0.05, 0) is 104 Å². The first-order valence-electron chi connectivity index (χ1n) is 14.7. The maximum Gasteiger partial charge on any atom is 0.298 e. The third kappa shape index (κ3) is 5.82. The van der Waals surface area contributed by atoms with Gasteiger partial charge in [-0.2, -0.15) is 13.5 Å². The number of nitrogens with one attached hydrogen (secondary N) is 1. The average Bonchev–Trinajstić information content (AvgIpc) is 3.56. The Hall–Kier alpha value is -2.56. The lowest BCUT2D eigenvalue weighted by molar-refractivity contribution is -0.149. The van der Waals surface area contributed by atoms with Crippen LogP contribution in [0.5, 0.6) is 5.75 Å². The summed E-state index contributed by atoms with van der Waals surface area (Å²) in [5.41, 5.74) is -0.433. The van der Waals surface area contributed by atoms with Gasteiger partial charge in [0, 0.05) is 22.1 Å². The number of carbonyl (C=O) groups excluding carboxylic acids is 1. The summed E-state index contributed by atoms with van der Waals surface area (Å²) in [7, 11) is -4.51. The molecule has 1 N–H and O–H groups in total. The van der Waals surface area contributed by atoms with Gasteiger partial charge in [-0.1, -0.05) is 47.1 Å². The van der Waals surface area contributed by atoms with Crippen LogP contribution < -0.4 is 9.46 Å². The molecular weight excluding hydrogens is 626 g/mol. The number of hydrogen-bond acceptors (Lipinski definition) is 4. The second-order valence-corrected chi connectivity index (χ2v) is 14.7.